The Hall–Kier alpha value is -4.65. The topological polar surface area (TPSA) is 161 Å². The van der Waals surface area contributed by atoms with Gasteiger partial charge in [0.1, 0.15) is 11.6 Å². The molecule has 0 bridgehead atoms. The third-order valence-electron chi connectivity index (χ3n) is 5.12. The van der Waals surface area contributed by atoms with Gasteiger partial charge in [0, 0.05) is 29.6 Å². The average Bonchev–Trinajstić information content (AvgIpc) is 3.29. The Morgan fingerprint density at radius 1 is 1.00 bits per heavy atom. The molecule has 0 saturated heterocycles. The van der Waals surface area contributed by atoms with E-state index in [1.807, 2.05) is 0 Å². The second kappa shape index (κ2) is 11.4. The van der Waals surface area contributed by atoms with Crippen molar-refractivity contribution in [2.75, 3.05) is 25.3 Å². The molecule has 37 heavy (non-hydrogen) atoms. The summed E-state index contributed by atoms with van der Waals surface area (Å²) in [5.41, 5.74) is 0.810. The maximum Gasteiger partial charge on any atom is 0.337 e. The number of aromatic amines is 2. The highest BCUT2D eigenvalue weighted by Crippen LogP contribution is 2.25. The molecule has 3 N–H and O–H groups in total. The van der Waals surface area contributed by atoms with Crippen molar-refractivity contribution in [3.05, 3.63) is 92.5 Å². The lowest BCUT2D eigenvalue weighted by Gasteiger charge is -2.11. The smallest absolute Gasteiger partial charge is 0.337 e. The van der Waals surface area contributed by atoms with Crippen LogP contribution in [-0.4, -0.2) is 56.6 Å². The van der Waals surface area contributed by atoms with Crippen LogP contribution in [0.25, 0.3) is 5.69 Å². The predicted molar refractivity (Wildman–Crippen MR) is 136 cm³/mol. The molecule has 0 spiro atoms. The first-order valence-corrected chi connectivity index (χ1v) is 11.9. The molecule has 190 valence electrons. The van der Waals surface area contributed by atoms with Crippen LogP contribution in [0.3, 0.4) is 0 Å². The summed E-state index contributed by atoms with van der Waals surface area (Å²) in [6.07, 6.45) is 0.123. The fraction of sp³-hybridized carbons (Fsp3) is 0.167. The molecule has 0 atom stereocenters. The molecule has 2 heterocycles. The van der Waals surface area contributed by atoms with E-state index in [4.69, 9.17) is 4.74 Å². The van der Waals surface area contributed by atoms with Crippen LogP contribution >= 0.6 is 11.8 Å². The van der Waals surface area contributed by atoms with Crippen LogP contribution in [0.1, 0.15) is 21.9 Å². The highest BCUT2D eigenvalue weighted by Gasteiger charge is 2.17. The third-order valence-corrected chi connectivity index (χ3v) is 6.05. The fourth-order valence-corrected chi connectivity index (χ4v) is 4.19. The average molecular weight is 523 g/mol. The van der Waals surface area contributed by atoms with Crippen molar-refractivity contribution in [3.63, 3.8) is 0 Å². The zero-order chi connectivity index (χ0) is 26.4. The van der Waals surface area contributed by atoms with Crippen LogP contribution in [0.4, 0.5) is 5.69 Å². The Morgan fingerprint density at radius 2 is 1.73 bits per heavy atom. The standard InChI is InChI=1S/C24H22N6O6S/c1-35-18-9-7-17(8-10-18)30-19(11-16-12-20(31)27-23(34)26-16)28-29-24(30)37-13-21(32)25-15-5-3-14(4-6-15)22(33)36-2/h3-10,12H,11,13H2,1-2H3,(H,25,32)(H2,26,27,31,34). The number of carbonyl (C=O) groups excluding carboxylic acids is 2. The van der Waals surface area contributed by atoms with Crippen molar-refractivity contribution >= 4 is 29.3 Å². The van der Waals surface area contributed by atoms with E-state index >= 15 is 0 Å². The quantitative estimate of drug-likeness (QED) is 0.220. The number of nitrogens with zero attached hydrogens (tertiary/aromatic N) is 3. The van der Waals surface area contributed by atoms with Crippen molar-refractivity contribution in [3.8, 4) is 11.4 Å². The van der Waals surface area contributed by atoms with Crippen LogP contribution in [0.15, 0.2) is 69.3 Å². The van der Waals surface area contributed by atoms with Gasteiger partial charge >= 0.3 is 11.7 Å². The number of nitrogens with one attached hydrogen (secondary N) is 3. The summed E-state index contributed by atoms with van der Waals surface area (Å²) in [5.74, 6) is 0.373. The number of esters is 1. The number of methoxy groups -OCH3 is 2. The summed E-state index contributed by atoms with van der Waals surface area (Å²) in [6.45, 7) is 0. The summed E-state index contributed by atoms with van der Waals surface area (Å²) in [5, 5.41) is 11.7. The Kier molecular flexibility index (Phi) is 7.83. The van der Waals surface area contributed by atoms with Crippen molar-refractivity contribution in [2.45, 2.75) is 11.6 Å². The van der Waals surface area contributed by atoms with E-state index in [9.17, 15) is 19.2 Å². The number of hydrogen-bond donors (Lipinski definition) is 3. The van der Waals surface area contributed by atoms with Gasteiger partial charge in [0.25, 0.3) is 5.56 Å². The van der Waals surface area contributed by atoms with Gasteiger partial charge in [-0.1, -0.05) is 11.8 Å². The van der Waals surface area contributed by atoms with Crippen LogP contribution < -0.4 is 21.3 Å². The number of H-pyrrole nitrogens is 2. The van der Waals surface area contributed by atoms with Gasteiger partial charge < -0.3 is 19.8 Å². The van der Waals surface area contributed by atoms with E-state index in [0.717, 1.165) is 11.8 Å². The zero-order valence-electron chi connectivity index (χ0n) is 19.8. The van der Waals surface area contributed by atoms with Crippen LogP contribution in [-0.2, 0) is 16.0 Å². The molecule has 12 nitrogen and oxygen atoms in total. The SMILES string of the molecule is COC(=O)c1ccc(NC(=O)CSc2nnc(Cc3cc(=O)[nH]c(=O)[nH]3)n2-c2ccc(OC)cc2)cc1. The molecule has 1 amide bonds. The summed E-state index contributed by atoms with van der Waals surface area (Å²) < 4.78 is 11.6. The van der Waals surface area contributed by atoms with E-state index in [1.54, 1.807) is 60.2 Å². The molecule has 0 saturated carbocycles. The van der Waals surface area contributed by atoms with Crippen molar-refractivity contribution in [2.24, 2.45) is 0 Å². The molecule has 0 fully saturated rings. The molecule has 4 rings (SSSR count). The second-order valence-corrected chi connectivity index (χ2v) is 8.57. The van der Waals surface area contributed by atoms with E-state index in [-0.39, 0.29) is 18.1 Å². The maximum absolute atomic E-state index is 12.6. The molecule has 0 unspecified atom stereocenters. The van der Waals surface area contributed by atoms with Crippen molar-refractivity contribution in [1.82, 2.24) is 24.7 Å². The number of anilines is 1. The number of rotatable bonds is 9. The number of carbonyl (C=O) groups is 2. The van der Waals surface area contributed by atoms with Gasteiger partial charge in [-0.15, -0.1) is 10.2 Å². The van der Waals surface area contributed by atoms with Gasteiger partial charge in [0.2, 0.25) is 5.91 Å². The Labute approximate surface area is 214 Å². The molecule has 0 aliphatic heterocycles. The van der Waals surface area contributed by atoms with Gasteiger partial charge in [0.15, 0.2) is 5.16 Å². The van der Waals surface area contributed by atoms with Crippen LogP contribution in [0.2, 0.25) is 0 Å². The molecule has 0 aliphatic carbocycles. The van der Waals surface area contributed by atoms with Gasteiger partial charge in [0.05, 0.1) is 25.5 Å². The molecule has 4 aromatic rings. The lowest BCUT2D eigenvalue weighted by atomic mass is 10.2. The highest BCUT2D eigenvalue weighted by atomic mass is 32.2. The molecular formula is C24H22N6O6S. The summed E-state index contributed by atoms with van der Waals surface area (Å²) in [7, 11) is 2.86. The number of ether oxygens (including phenoxy) is 2. The number of hydrogen-bond acceptors (Lipinski definition) is 9. The third kappa shape index (κ3) is 6.32. The van der Waals surface area contributed by atoms with Crippen molar-refractivity contribution < 1.29 is 19.1 Å². The second-order valence-electron chi connectivity index (χ2n) is 7.63. The zero-order valence-corrected chi connectivity index (χ0v) is 20.6. The van der Waals surface area contributed by atoms with Crippen LogP contribution in [0.5, 0.6) is 5.75 Å². The number of benzene rings is 2. The monoisotopic (exact) mass is 522 g/mol. The molecule has 0 aliphatic rings. The number of amides is 1. The molecule has 0 radical (unpaired) electrons. The predicted octanol–water partition coefficient (Wildman–Crippen LogP) is 1.76. The largest absolute Gasteiger partial charge is 0.497 e. The van der Waals surface area contributed by atoms with Gasteiger partial charge in [-0.05, 0) is 48.5 Å². The first kappa shape index (κ1) is 25.4. The number of aromatic nitrogens is 5. The van der Waals surface area contributed by atoms with Crippen LogP contribution in [0, 0.1) is 0 Å². The fourth-order valence-electron chi connectivity index (χ4n) is 3.42. The minimum Gasteiger partial charge on any atom is -0.497 e. The van der Waals surface area contributed by atoms with E-state index in [1.165, 1.54) is 13.2 Å². The van der Waals surface area contributed by atoms with E-state index in [2.05, 4.69) is 30.2 Å². The van der Waals surface area contributed by atoms with Gasteiger partial charge in [-0.25, -0.2) is 9.59 Å². The summed E-state index contributed by atoms with van der Waals surface area (Å²) in [4.78, 5) is 52.3. The normalized spacial score (nSPS) is 10.6. The minimum atomic E-state index is -0.621. The number of thioether (sulfide) groups is 1. The molecule has 2 aromatic heterocycles. The Balaban J connectivity index is 1.54. The highest BCUT2D eigenvalue weighted by molar-refractivity contribution is 7.99. The van der Waals surface area contributed by atoms with E-state index < -0.39 is 17.2 Å². The van der Waals surface area contributed by atoms with E-state index in [0.29, 0.717) is 39.4 Å². The molecule has 2 aromatic carbocycles. The van der Waals surface area contributed by atoms with Gasteiger partial charge in [-0.3, -0.25) is 19.1 Å². The molecular weight excluding hydrogens is 500 g/mol. The Morgan fingerprint density at radius 3 is 2.38 bits per heavy atom. The Bertz CT molecular complexity index is 1500. The van der Waals surface area contributed by atoms with Gasteiger partial charge in [-0.2, -0.15) is 0 Å². The van der Waals surface area contributed by atoms with Crippen molar-refractivity contribution in [1.29, 1.82) is 0 Å². The first-order valence-electron chi connectivity index (χ1n) is 10.9. The summed E-state index contributed by atoms with van der Waals surface area (Å²) in [6, 6.07) is 14.8. The minimum absolute atomic E-state index is 0.0227. The molecule has 13 heteroatoms. The maximum atomic E-state index is 12.6. The lowest BCUT2D eigenvalue weighted by molar-refractivity contribution is -0.113. The first-order chi connectivity index (χ1) is 17.9. The lowest BCUT2D eigenvalue weighted by Crippen LogP contribution is -2.23. The summed E-state index contributed by atoms with van der Waals surface area (Å²) >= 11 is 1.16.